The number of rotatable bonds is 3. The van der Waals surface area contributed by atoms with Crippen LogP contribution in [0, 0.1) is 6.92 Å². The standard InChI is InChI=1S/C14H14Br2N2/c1-9-3-2-6-18-14(9)8-13(17)11-5-4-10(15)7-12(11)16/h2-7,13H,8,17H2,1H3. The predicted octanol–water partition coefficient (Wildman–Crippen LogP) is 4.16. The van der Waals surface area contributed by atoms with Crippen LogP contribution in [0.4, 0.5) is 0 Å². The van der Waals surface area contributed by atoms with Crippen LogP contribution in [0.5, 0.6) is 0 Å². The number of nitrogens with two attached hydrogens (primary N) is 1. The van der Waals surface area contributed by atoms with Crippen LogP contribution in [0.2, 0.25) is 0 Å². The summed E-state index contributed by atoms with van der Waals surface area (Å²) in [5.41, 5.74) is 9.60. The summed E-state index contributed by atoms with van der Waals surface area (Å²) in [6.45, 7) is 2.06. The molecule has 0 saturated heterocycles. The van der Waals surface area contributed by atoms with Crippen molar-refractivity contribution in [1.82, 2.24) is 4.98 Å². The summed E-state index contributed by atoms with van der Waals surface area (Å²) < 4.78 is 2.07. The van der Waals surface area contributed by atoms with Crippen molar-refractivity contribution in [2.45, 2.75) is 19.4 Å². The van der Waals surface area contributed by atoms with Crippen molar-refractivity contribution < 1.29 is 0 Å². The molecule has 1 aromatic heterocycles. The van der Waals surface area contributed by atoms with Crippen LogP contribution < -0.4 is 5.73 Å². The molecule has 0 aliphatic heterocycles. The number of hydrogen-bond acceptors (Lipinski definition) is 2. The fraction of sp³-hybridized carbons (Fsp3) is 0.214. The van der Waals surface area contributed by atoms with Gasteiger partial charge in [0.2, 0.25) is 0 Å². The van der Waals surface area contributed by atoms with Crippen molar-refractivity contribution in [2.24, 2.45) is 5.73 Å². The van der Waals surface area contributed by atoms with Crippen molar-refractivity contribution >= 4 is 31.9 Å². The highest BCUT2D eigenvalue weighted by atomic mass is 79.9. The topological polar surface area (TPSA) is 38.9 Å². The largest absolute Gasteiger partial charge is 0.324 e. The second-order valence-electron chi connectivity index (χ2n) is 4.24. The van der Waals surface area contributed by atoms with Gasteiger partial charge in [0.15, 0.2) is 0 Å². The van der Waals surface area contributed by atoms with E-state index in [4.69, 9.17) is 5.73 Å². The zero-order valence-corrected chi connectivity index (χ0v) is 13.2. The fourth-order valence-corrected chi connectivity index (χ4v) is 3.19. The Kier molecular flexibility index (Phi) is 4.54. The van der Waals surface area contributed by atoms with Gasteiger partial charge in [0.1, 0.15) is 0 Å². The Morgan fingerprint density at radius 3 is 2.72 bits per heavy atom. The molecule has 18 heavy (non-hydrogen) atoms. The zero-order chi connectivity index (χ0) is 13.1. The number of halogens is 2. The van der Waals surface area contributed by atoms with Gasteiger partial charge >= 0.3 is 0 Å². The second kappa shape index (κ2) is 5.95. The first-order valence-electron chi connectivity index (χ1n) is 5.69. The fourth-order valence-electron chi connectivity index (χ4n) is 1.85. The summed E-state index contributed by atoms with van der Waals surface area (Å²) in [7, 11) is 0. The van der Waals surface area contributed by atoms with Gasteiger partial charge in [-0.3, -0.25) is 4.98 Å². The van der Waals surface area contributed by atoms with E-state index in [1.54, 1.807) is 0 Å². The third-order valence-electron chi connectivity index (χ3n) is 2.89. The molecule has 94 valence electrons. The average molecular weight is 370 g/mol. The molecule has 2 aromatic rings. The number of hydrogen-bond donors (Lipinski definition) is 1. The lowest BCUT2D eigenvalue weighted by molar-refractivity contribution is 0.699. The van der Waals surface area contributed by atoms with E-state index in [0.29, 0.717) is 0 Å². The predicted molar refractivity (Wildman–Crippen MR) is 81.4 cm³/mol. The molecule has 0 radical (unpaired) electrons. The van der Waals surface area contributed by atoms with Gasteiger partial charge in [-0.15, -0.1) is 0 Å². The molecule has 1 heterocycles. The SMILES string of the molecule is Cc1cccnc1CC(N)c1ccc(Br)cc1Br. The van der Waals surface area contributed by atoms with E-state index in [0.717, 1.165) is 26.6 Å². The first-order chi connectivity index (χ1) is 8.58. The van der Waals surface area contributed by atoms with Gasteiger partial charge in [0, 0.05) is 33.3 Å². The van der Waals surface area contributed by atoms with Gasteiger partial charge in [-0.1, -0.05) is 44.0 Å². The van der Waals surface area contributed by atoms with Gasteiger partial charge in [-0.05, 0) is 36.2 Å². The molecule has 0 saturated carbocycles. The van der Waals surface area contributed by atoms with Crippen LogP contribution in [0.25, 0.3) is 0 Å². The Labute approximate surface area is 124 Å². The minimum absolute atomic E-state index is 0.0546. The Bertz CT molecular complexity index is 555. The Morgan fingerprint density at radius 2 is 2.06 bits per heavy atom. The monoisotopic (exact) mass is 368 g/mol. The van der Waals surface area contributed by atoms with Crippen molar-refractivity contribution in [3.05, 3.63) is 62.3 Å². The van der Waals surface area contributed by atoms with E-state index in [1.807, 2.05) is 30.5 Å². The molecule has 0 fully saturated rings. The molecule has 4 heteroatoms. The quantitative estimate of drug-likeness (QED) is 0.882. The molecule has 0 spiro atoms. The maximum absolute atomic E-state index is 6.26. The number of aromatic nitrogens is 1. The average Bonchev–Trinajstić information content (AvgIpc) is 2.32. The van der Waals surface area contributed by atoms with Crippen molar-refractivity contribution in [1.29, 1.82) is 0 Å². The lowest BCUT2D eigenvalue weighted by Gasteiger charge is -2.15. The highest BCUT2D eigenvalue weighted by Gasteiger charge is 2.12. The van der Waals surface area contributed by atoms with Gasteiger partial charge in [-0.2, -0.15) is 0 Å². The van der Waals surface area contributed by atoms with Crippen molar-refractivity contribution in [3.8, 4) is 0 Å². The summed E-state index contributed by atoms with van der Waals surface area (Å²) in [4.78, 5) is 4.39. The minimum Gasteiger partial charge on any atom is -0.324 e. The lowest BCUT2D eigenvalue weighted by Crippen LogP contribution is -2.15. The third kappa shape index (κ3) is 3.19. The molecule has 2 nitrogen and oxygen atoms in total. The van der Waals surface area contributed by atoms with Crippen LogP contribution in [0.1, 0.15) is 22.9 Å². The van der Waals surface area contributed by atoms with E-state index < -0.39 is 0 Å². The highest BCUT2D eigenvalue weighted by molar-refractivity contribution is 9.11. The van der Waals surface area contributed by atoms with E-state index in [1.165, 1.54) is 5.56 Å². The van der Waals surface area contributed by atoms with Crippen molar-refractivity contribution in [3.63, 3.8) is 0 Å². The summed E-state index contributed by atoms with van der Waals surface area (Å²) in [6, 6.07) is 10.0. The Balaban J connectivity index is 2.22. The molecule has 1 aromatic carbocycles. The van der Waals surface area contributed by atoms with Crippen LogP contribution in [0.15, 0.2) is 45.5 Å². The van der Waals surface area contributed by atoms with E-state index >= 15 is 0 Å². The van der Waals surface area contributed by atoms with Crippen LogP contribution in [-0.4, -0.2) is 4.98 Å². The van der Waals surface area contributed by atoms with E-state index in [9.17, 15) is 0 Å². The number of benzene rings is 1. The van der Waals surface area contributed by atoms with Gasteiger partial charge in [-0.25, -0.2) is 0 Å². The Morgan fingerprint density at radius 1 is 1.28 bits per heavy atom. The molecule has 0 aliphatic carbocycles. The molecule has 1 unspecified atom stereocenters. The molecular formula is C14H14Br2N2. The maximum atomic E-state index is 6.26. The zero-order valence-electron chi connectivity index (χ0n) is 10.0. The number of nitrogens with zero attached hydrogens (tertiary/aromatic N) is 1. The molecular weight excluding hydrogens is 356 g/mol. The summed E-state index contributed by atoms with van der Waals surface area (Å²) in [6.07, 6.45) is 2.55. The van der Waals surface area contributed by atoms with Gasteiger partial charge in [0.05, 0.1) is 0 Å². The normalized spacial score (nSPS) is 12.4. The maximum Gasteiger partial charge on any atom is 0.0451 e. The number of pyridine rings is 1. The van der Waals surface area contributed by atoms with Crippen molar-refractivity contribution in [2.75, 3.05) is 0 Å². The summed E-state index contributed by atoms with van der Waals surface area (Å²) >= 11 is 6.99. The third-order valence-corrected chi connectivity index (χ3v) is 4.07. The summed E-state index contributed by atoms with van der Waals surface area (Å²) in [5.74, 6) is 0. The highest BCUT2D eigenvalue weighted by Crippen LogP contribution is 2.27. The van der Waals surface area contributed by atoms with Gasteiger partial charge < -0.3 is 5.73 Å². The van der Waals surface area contributed by atoms with Gasteiger partial charge in [0.25, 0.3) is 0 Å². The minimum atomic E-state index is -0.0546. The molecule has 2 N–H and O–H groups in total. The van der Waals surface area contributed by atoms with E-state index in [-0.39, 0.29) is 6.04 Å². The smallest absolute Gasteiger partial charge is 0.0451 e. The van der Waals surface area contributed by atoms with E-state index in [2.05, 4.69) is 49.8 Å². The van der Waals surface area contributed by atoms with Crippen LogP contribution >= 0.6 is 31.9 Å². The molecule has 0 bridgehead atoms. The lowest BCUT2D eigenvalue weighted by atomic mass is 10.0. The second-order valence-corrected chi connectivity index (χ2v) is 6.01. The van der Waals surface area contributed by atoms with Crippen LogP contribution in [0.3, 0.4) is 0 Å². The molecule has 2 rings (SSSR count). The molecule has 0 amide bonds. The summed E-state index contributed by atoms with van der Waals surface area (Å²) in [5, 5.41) is 0. The first kappa shape index (κ1) is 13.7. The molecule has 0 aliphatic rings. The number of aryl methyl sites for hydroxylation is 1. The molecule has 1 atom stereocenters. The first-order valence-corrected chi connectivity index (χ1v) is 7.27. The Hall–Kier alpha value is -0.710. The van der Waals surface area contributed by atoms with Crippen LogP contribution in [-0.2, 0) is 6.42 Å².